The summed E-state index contributed by atoms with van der Waals surface area (Å²) >= 11 is 3.12. The SMILES string of the molecule is CCC1=NS(=O)(=O)c2cc(F)cc(Br)c2N1. The molecule has 0 saturated heterocycles. The fourth-order valence-corrected chi connectivity index (χ4v) is 3.30. The highest BCUT2D eigenvalue weighted by Gasteiger charge is 2.26. The zero-order valence-electron chi connectivity index (χ0n) is 8.29. The van der Waals surface area contributed by atoms with Crippen LogP contribution in [0.15, 0.2) is 25.9 Å². The zero-order valence-corrected chi connectivity index (χ0v) is 10.7. The number of fused-ring (bicyclic) bond motifs is 1. The van der Waals surface area contributed by atoms with E-state index in [2.05, 4.69) is 25.6 Å². The van der Waals surface area contributed by atoms with Crippen molar-refractivity contribution in [1.29, 1.82) is 0 Å². The molecular weight excluding hydrogens is 299 g/mol. The second-order valence-electron chi connectivity index (χ2n) is 3.25. The topological polar surface area (TPSA) is 58.5 Å². The van der Waals surface area contributed by atoms with Crippen molar-refractivity contribution in [3.63, 3.8) is 0 Å². The number of sulfonamides is 1. The quantitative estimate of drug-likeness (QED) is 0.867. The number of nitrogens with one attached hydrogen (secondary N) is 1. The number of anilines is 1. The summed E-state index contributed by atoms with van der Waals surface area (Å²) in [5.41, 5.74) is 0.341. The molecule has 16 heavy (non-hydrogen) atoms. The van der Waals surface area contributed by atoms with Gasteiger partial charge in [-0.2, -0.15) is 8.42 Å². The van der Waals surface area contributed by atoms with E-state index in [1.165, 1.54) is 6.07 Å². The van der Waals surface area contributed by atoms with Crippen LogP contribution in [0.25, 0.3) is 0 Å². The Kier molecular flexibility index (Phi) is 2.75. The highest BCUT2D eigenvalue weighted by Crippen LogP contribution is 2.35. The minimum Gasteiger partial charge on any atom is -0.341 e. The molecule has 0 atom stereocenters. The van der Waals surface area contributed by atoms with Crippen LogP contribution in [0.2, 0.25) is 0 Å². The third-order valence-electron chi connectivity index (χ3n) is 2.13. The summed E-state index contributed by atoms with van der Waals surface area (Å²) in [7, 11) is -3.79. The van der Waals surface area contributed by atoms with Gasteiger partial charge in [-0.15, -0.1) is 4.40 Å². The maximum absolute atomic E-state index is 13.1. The molecule has 1 aromatic carbocycles. The van der Waals surface area contributed by atoms with Crippen LogP contribution in [0.4, 0.5) is 10.1 Å². The van der Waals surface area contributed by atoms with Gasteiger partial charge >= 0.3 is 0 Å². The molecule has 0 fully saturated rings. The molecule has 1 heterocycles. The van der Waals surface area contributed by atoms with Crippen LogP contribution >= 0.6 is 15.9 Å². The predicted molar refractivity (Wildman–Crippen MR) is 62.6 cm³/mol. The van der Waals surface area contributed by atoms with Crippen molar-refractivity contribution in [2.75, 3.05) is 5.32 Å². The molecule has 0 unspecified atom stereocenters. The van der Waals surface area contributed by atoms with Gasteiger partial charge in [0.15, 0.2) is 0 Å². The van der Waals surface area contributed by atoms with Gasteiger partial charge in [-0.3, -0.25) is 0 Å². The first-order valence-corrected chi connectivity index (χ1v) is 6.77. The van der Waals surface area contributed by atoms with E-state index in [1.807, 2.05) is 0 Å². The molecular formula is C9H8BrFN2O2S. The first-order valence-electron chi connectivity index (χ1n) is 4.54. The average Bonchev–Trinajstić information content (AvgIpc) is 2.18. The number of benzene rings is 1. The predicted octanol–water partition coefficient (Wildman–Crippen LogP) is 2.51. The van der Waals surface area contributed by atoms with Crippen LogP contribution in [0.5, 0.6) is 0 Å². The van der Waals surface area contributed by atoms with E-state index in [1.54, 1.807) is 6.92 Å². The van der Waals surface area contributed by atoms with Gasteiger partial charge in [0.25, 0.3) is 10.0 Å². The van der Waals surface area contributed by atoms with Crippen LogP contribution in [0.3, 0.4) is 0 Å². The molecule has 4 nitrogen and oxygen atoms in total. The van der Waals surface area contributed by atoms with Gasteiger partial charge < -0.3 is 5.32 Å². The van der Waals surface area contributed by atoms with Crippen molar-refractivity contribution in [2.24, 2.45) is 4.40 Å². The minimum atomic E-state index is -3.79. The molecule has 2 rings (SSSR count). The van der Waals surface area contributed by atoms with E-state index in [-0.39, 0.29) is 4.90 Å². The second-order valence-corrected chi connectivity index (χ2v) is 5.68. The van der Waals surface area contributed by atoms with Gasteiger partial charge in [0.05, 0.1) is 5.69 Å². The van der Waals surface area contributed by atoms with Crippen LogP contribution in [0.1, 0.15) is 13.3 Å². The Morgan fingerprint density at radius 1 is 1.50 bits per heavy atom. The zero-order chi connectivity index (χ0) is 11.9. The van der Waals surface area contributed by atoms with E-state index in [9.17, 15) is 12.8 Å². The lowest BCUT2D eigenvalue weighted by atomic mass is 10.3. The third kappa shape index (κ3) is 1.84. The largest absolute Gasteiger partial charge is 0.341 e. The fraction of sp³-hybridized carbons (Fsp3) is 0.222. The van der Waals surface area contributed by atoms with Gasteiger partial charge in [0.1, 0.15) is 16.5 Å². The van der Waals surface area contributed by atoms with E-state index in [0.717, 1.165) is 6.07 Å². The number of hydrogen-bond donors (Lipinski definition) is 1. The summed E-state index contributed by atoms with van der Waals surface area (Å²) < 4.78 is 40.5. The number of hydrogen-bond acceptors (Lipinski definition) is 3. The fourth-order valence-electron chi connectivity index (χ4n) is 1.39. The monoisotopic (exact) mass is 306 g/mol. The van der Waals surface area contributed by atoms with Gasteiger partial charge in [0, 0.05) is 10.9 Å². The highest BCUT2D eigenvalue weighted by molar-refractivity contribution is 9.10. The molecule has 0 aromatic heterocycles. The van der Waals surface area contributed by atoms with Crippen molar-refractivity contribution in [3.05, 3.63) is 22.4 Å². The van der Waals surface area contributed by atoms with Crippen LogP contribution in [-0.2, 0) is 10.0 Å². The van der Waals surface area contributed by atoms with E-state index in [4.69, 9.17) is 0 Å². The summed E-state index contributed by atoms with van der Waals surface area (Å²) in [6.07, 6.45) is 0.461. The molecule has 1 N–H and O–H groups in total. The van der Waals surface area contributed by atoms with E-state index >= 15 is 0 Å². The normalized spacial score (nSPS) is 17.3. The van der Waals surface area contributed by atoms with Gasteiger partial charge in [-0.1, -0.05) is 6.92 Å². The maximum Gasteiger partial charge on any atom is 0.286 e. The highest BCUT2D eigenvalue weighted by atomic mass is 79.9. The summed E-state index contributed by atoms with van der Waals surface area (Å²) in [6.45, 7) is 1.78. The smallest absolute Gasteiger partial charge is 0.286 e. The molecule has 0 aliphatic carbocycles. The molecule has 1 aliphatic rings. The summed E-state index contributed by atoms with van der Waals surface area (Å²) in [4.78, 5) is -0.142. The average molecular weight is 307 g/mol. The Balaban J connectivity index is 2.72. The lowest BCUT2D eigenvalue weighted by Crippen LogP contribution is -2.21. The first-order chi connectivity index (χ1) is 7.44. The Bertz CT molecular complexity index is 583. The number of rotatable bonds is 1. The van der Waals surface area contributed by atoms with Gasteiger partial charge in [-0.25, -0.2) is 4.39 Å². The molecule has 7 heteroatoms. The lowest BCUT2D eigenvalue weighted by Gasteiger charge is -2.18. The number of nitrogens with zero attached hydrogens (tertiary/aromatic N) is 1. The first kappa shape index (κ1) is 11.5. The lowest BCUT2D eigenvalue weighted by molar-refractivity contribution is 0.592. The van der Waals surface area contributed by atoms with Crippen molar-refractivity contribution in [2.45, 2.75) is 18.2 Å². The Hall–Kier alpha value is -0.950. The van der Waals surface area contributed by atoms with Crippen LogP contribution in [0, 0.1) is 5.82 Å². The minimum absolute atomic E-state index is 0.142. The number of amidine groups is 1. The molecule has 1 aliphatic heterocycles. The molecule has 0 amide bonds. The van der Waals surface area contributed by atoms with Crippen LogP contribution < -0.4 is 5.32 Å². The molecule has 86 valence electrons. The number of halogens is 2. The van der Waals surface area contributed by atoms with Crippen LogP contribution in [-0.4, -0.2) is 14.3 Å². The third-order valence-corrected chi connectivity index (χ3v) is 4.10. The molecule has 0 saturated carbocycles. The Labute approximate surface area is 101 Å². The Morgan fingerprint density at radius 2 is 2.19 bits per heavy atom. The molecule has 0 spiro atoms. The summed E-state index contributed by atoms with van der Waals surface area (Å²) in [5.74, 6) is -0.272. The van der Waals surface area contributed by atoms with Gasteiger partial charge in [-0.05, 0) is 28.1 Å². The van der Waals surface area contributed by atoms with Gasteiger partial charge in [0.2, 0.25) is 0 Å². The summed E-state index contributed by atoms with van der Waals surface area (Å²) in [6, 6.07) is 2.16. The molecule has 0 bridgehead atoms. The molecule has 0 radical (unpaired) electrons. The maximum atomic E-state index is 13.1. The molecule has 1 aromatic rings. The Morgan fingerprint density at radius 3 is 2.81 bits per heavy atom. The van der Waals surface area contributed by atoms with Crippen molar-refractivity contribution in [3.8, 4) is 0 Å². The van der Waals surface area contributed by atoms with Crippen molar-refractivity contribution in [1.82, 2.24) is 0 Å². The van der Waals surface area contributed by atoms with E-state index in [0.29, 0.717) is 22.4 Å². The van der Waals surface area contributed by atoms with Crippen molar-refractivity contribution >= 4 is 37.5 Å². The van der Waals surface area contributed by atoms with Crippen molar-refractivity contribution < 1.29 is 12.8 Å². The standard InChI is InChI=1S/C9H8BrFN2O2S/c1-2-8-12-9-6(10)3-5(11)4-7(9)16(14,15)13-8/h3-4H,2H2,1H3,(H,12,13). The second kappa shape index (κ2) is 3.81. The van der Waals surface area contributed by atoms with E-state index < -0.39 is 15.8 Å². The summed E-state index contributed by atoms with van der Waals surface area (Å²) in [5, 5.41) is 2.86.